The van der Waals surface area contributed by atoms with Crippen LogP contribution in [0.5, 0.6) is 0 Å². The minimum atomic E-state index is -4.55. The molecule has 6 aromatic rings. The molecule has 0 radical (unpaired) electrons. The number of fused-ring (bicyclic) bond motifs is 10. The fraction of sp³-hybridized carbons (Fsp3) is 0.460. The van der Waals surface area contributed by atoms with Gasteiger partial charge >= 0.3 is 23.5 Å². The molecule has 6 amide bonds. The fourth-order valence-electron chi connectivity index (χ4n) is 10.7. The lowest BCUT2D eigenvalue weighted by molar-refractivity contribution is -0.125. The van der Waals surface area contributed by atoms with Crippen molar-refractivity contribution in [2.75, 3.05) is 69.5 Å². The second-order valence-electron chi connectivity index (χ2n) is 22.7. The van der Waals surface area contributed by atoms with Gasteiger partial charge in [-0.3, -0.25) is 60.8 Å². The molecule has 2 aromatic heterocycles. The van der Waals surface area contributed by atoms with E-state index in [-0.39, 0.29) is 127 Å². The third-order valence-corrected chi connectivity index (χ3v) is 18.7. The first-order valence-corrected chi connectivity index (χ1v) is 36.5. The predicted molar refractivity (Wildman–Crippen MR) is 353 cm³/mol. The Morgan fingerprint density at radius 2 is 0.823 bits per heavy atom. The molecule has 518 valence electrons. The Bertz CT molecular complexity index is 3680. The first-order valence-electron chi connectivity index (χ1n) is 32.0. The van der Waals surface area contributed by atoms with E-state index in [1.54, 1.807) is 9.80 Å². The van der Waals surface area contributed by atoms with Crippen molar-refractivity contribution in [1.29, 1.82) is 0 Å². The number of rotatable bonds is 41. The Morgan fingerprint density at radius 1 is 0.448 bits per heavy atom. The summed E-state index contributed by atoms with van der Waals surface area (Å²) in [6, 6.07) is 30.0. The maximum Gasteiger partial charge on any atom is 0.472 e. The molecule has 9 N–H and O–H groups in total. The summed E-state index contributed by atoms with van der Waals surface area (Å²) >= 11 is 0. The number of amides is 6. The van der Waals surface area contributed by atoms with Crippen LogP contribution in [0.2, 0.25) is 0 Å². The van der Waals surface area contributed by atoms with Gasteiger partial charge in [-0.15, -0.1) is 0 Å². The Hall–Kier alpha value is -7.69. The summed E-state index contributed by atoms with van der Waals surface area (Å²) in [4.78, 5) is 112. The molecule has 96 heavy (non-hydrogen) atoms. The number of phosphoric acid groups is 3. The van der Waals surface area contributed by atoms with E-state index in [9.17, 15) is 57.1 Å². The molecule has 4 atom stereocenters. The van der Waals surface area contributed by atoms with Crippen molar-refractivity contribution < 1.29 is 84.3 Å². The summed E-state index contributed by atoms with van der Waals surface area (Å²) in [7, 11) is -12.4. The number of carbonyl (C=O) groups is 6. The van der Waals surface area contributed by atoms with Gasteiger partial charge in [0.15, 0.2) is 0 Å². The van der Waals surface area contributed by atoms with Crippen molar-refractivity contribution in [3.63, 3.8) is 0 Å². The molecular formula is C63H83N12O18P3. The highest BCUT2D eigenvalue weighted by Gasteiger charge is 2.33. The number of benzene rings is 4. The topological polar surface area (TPSA) is 407 Å². The molecule has 4 unspecified atom stereocenters. The van der Waals surface area contributed by atoms with Gasteiger partial charge in [0.2, 0.25) is 35.4 Å². The molecule has 0 saturated heterocycles. The van der Waals surface area contributed by atoms with Crippen LogP contribution in [0.15, 0.2) is 97.1 Å². The maximum atomic E-state index is 13.7. The van der Waals surface area contributed by atoms with E-state index in [1.165, 1.54) is 0 Å². The van der Waals surface area contributed by atoms with E-state index in [4.69, 9.17) is 22.6 Å². The van der Waals surface area contributed by atoms with Crippen LogP contribution in [-0.2, 0) is 76.1 Å². The van der Waals surface area contributed by atoms with Crippen molar-refractivity contribution in [3.8, 4) is 45.0 Å². The van der Waals surface area contributed by atoms with Crippen molar-refractivity contribution >= 4 is 76.0 Å². The van der Waals surface area contributed by atoms with Crippen molar-refractivity contribution in [2.45, 2.75) is 128 Å². The van der Waals surface area contributed by atoms with Gasteiger partial charge in [-0.1, -0.05) is 105 Å². The Morgan fingerprint density at radius 3 is 1.29 bits per heavy atom. The number of hydrogen-bond donors (Lipinski definition) is 9. The number of unbranched alkanes of at least 4 members (excludes halogenated alkanes) is 8. The van der Waals surface area contributed by atoms with Gasteiger partial charge in [-0.2, -0.15) is 30.8 Å². The zero-order chi connectivity index (χ0) is 68.3. The van der Waals surface area contributed by atoms with Gasteiger partial charge in [0.25, 0.3) is 0 Å². The standard InChI is InChI=1S/C63H83N12O18P3/c1-88-94(82,83)93-46(43-67-55(77)31-15-21-41-92-96(86,87)90-39-19-5-3-17-37-65-57(79)33-35-59(81)75-52-28-12-9-25-49(52)62-63(71-73-70-62)50-26-10-13-29-53(50)75)42-66-54(76)30-14-20-40-91-95(84,85)89-38-18-4-2-16-36-64-56(78)32-34-58(80)74-44-45-22-6-7-23-47(45)60-61(69-72-68-60)48-24-8-11-27-51(48)74/h6-13,22-29,46H,2-5,14-21,30-44H2,1H3,(H,64,78)(H,65,79)(H,66,76)(H,67,77)(H,82,83)(H,84,85)(H,86,87)(H,68,69,72)(H,70,71,73). The highest BCUT2D eigenvalue weighted by Crippen LogP contribution is 2.48. The Kier molecular flexibility index (Phi) is 28.7. The van der Waals surface area contributed by atoms with E-state index in [0.717, 1.165) is 34.9 Å². The molecule has 0 spiro atoms. The highest BCUT2D eigenvalue weighted by atomic mass is 31.2. The third kappa shape index (κ3) is 22.7. The molecule has 4 heterocycles. The number of para-hydroxylation sites is 3. The van der Waals surface area contributed by atoms with Gasteiger partial charge in [-0.05, 0) is 75.1 Å². The number of nitrogens with one attached hydrogen (secondary N) is 6. The summed E-state index contributed by atoms with van der Waals surface area (Å²) in [5.41, 5.74) is 8.55. The molecule has 0 saturated carbocycles. The molecule has 33 heteroatoms. The minimum Gasteiger partial charge on any atom is -0.356 e. The van der Waals surface area contributed by atoms with Crippen LogP contribution in [0.4, 0.5) is 17.1 Å². The number of aromatic amines is 2. The molecule has 2 aliphatic rings. The van der Waals surface area contributed by atoms with Crippen LogP contribution in [-0.4, -0.2) is 147 Å². The lowest BCUT2D eigenvalue weighted by atomic mass is 9.95. The first-order chi connectivity index (χ1) is 46.3. The number of anilines is 3. The highest BCUT2D eigenvalue weighted by molar-refractivity contribution is 7.47. The summed E-state index contributed by atoms with van der Waals surface area (Å²) in [5.74, 6) is -1.94. The molecular weight excluding hydrogens is 1310 g/mol. The molecule has 4 aromatic carbocycles. The van der Waals surface area contributed by atoms with E-state index < -0.39 is 41.4 Å². The Balaban J connectivity index is 0.598. The fourth-order valence-corrected chi connectivity index (χ4v) is 12.9. The van der Waals surface area contributed by atoms with Crippen LogP contribution in [0.3, 0.4) is 0 Å². The third-order valence-electron chi connectivity index (χ3n) is 15.6. The molecule has 0 fully saturated rings. The predicted octanol–water partition coefficient (Wildman–Crippen LogP) is 9.00. The summed E-state index contributed by atoms with van der Waals surface area (Å²) in [6.45, 7) is 0.0329. The largest absolute Gasteiger partial charge is 0.472 e. The molecule has 0 bridgehead atoms. The molecule has 2 aliphatic heterocycles. The molecule has 8 rings (SSSR count). The smallest absolute Gasteiger partial charge is 0.356 e. The van der Waals surface area contributed by atoms with Gasteiger partial charge in [-0.25, -0.2) is 13.7 Å². The average Bonchev–Trinajstić information content (AvgIpc) is 1.41. The zero-order valence-electron chi connectivity index (χ0n) is 53.4. The van der Waals surface area contributed by atoms with Crippen molar-refractivity contribution in [2.24, 2.45) is 0 Å². The summed E-state index contributed by atoms with van der Waals surface area (Å²) in [5, 5.41) is 33.7. The second kappa shape index (κ2) is 37.2. The quantitative estimate of drug-likeness (QED) is 0.0128. The van der Waals surface area contributed by atoms with Crippen LogP contribution in [0.25, 0.3) is 45.0 Å². The normalized spacial score (nSPS) is 14.4. The lowest BCUT2D eigenvalue weighted by Gasteiger charge is -2.28. The van der Waals surface area contributed by atoms with Crippen LogP contribution < -0.4 is 31.1 Å². The maximum absolute atomic E-state index is 13.7. The number of nitrogens with zero attached hydrogens (tertiary/aromatic N) is 6. The number of aromatic nitrogens is 6. The summed E-state index contributed by atoms with van der Waals surface area (Å²) in [6.07, 6.45) is 4.47. The van der Waals surface area contributed by atoms with E-state index in [0.29, 0.717) is 111 Å². The molecule has 0 aliphatic carbocycles. The first kappa shape index (κ1) is 74.1. The van der Waals surface area contributed by atoms with Gasteiger partial charge in [0.1, 0.15) is 28.9 Å². The zero-order valence-corrected chi connectivity index (χ0v) is 56.1. The van der Waals surface area contributed by atoms with Gasteiger partial charge in [0, 0.05) is 94.1 Å². The Labute approximate surface area is 555 Å². The van der Waals surface area contributed by atoms with Crippen molar-refractivity contribution in [1.82, 2.24) is 52.1 Å². The van der Waals surface area contributed by atoms with E-state index >= 15 is 0 Å². The number of carbonyl (C=O) groups excluding carboxylic acids is 6. The van der Waals surface area contributed by atoms with E-state index in [2.05, 4.69) is 56.6 Å². The summed E-state index contributed by atoms with van der Waals surface area (Å²) < 4.78 is 67.0. The number of hydrogen-bond acceptors (Lipinski definition) is 19. The van der Waals surface area contributed by atoms with Crippen LogP contribution in [0.1, 0.15) is 121 Å². The van der Waals surface area contributed by atoms with Crippen LogP contribution >= 0.6 is 23.5 Å². The monoisotopic (exact) mass is 1390 g/mol. The van der Waals surface area contributed by atoms with Gasteiger partial charge < -0.3 is 40.8 Å². The van der Waals surface area contributed by atoms with E-state index in [1.807, 2.05) is 97.1 Å². The molecule has 30 nitrogen and oxygen atoms in total. The SMILES string of the molecule is COP(=O)(O)OC(CNC(=O)CCCCOP(=O)(O)OCCCCCCNC(=O)CCC(=O)N1Cc2ccccc2-c2n[nH]nc2-c2ccccc21)CNC(=O)CCCCOP(=O)(O)OCCCCCCNC(=O)CCC(=O)N1c2ccccc2-c2n[nH]nc2-c2ccccc21. The number of phosphoric ester groups is 3. The van der Waals surface area contributed by atoms with Crippen LogP contribution in [0, 0.1) is 0 Å². The van der Waals surface area contributed by atoms with Gasteiger partial charge in [0.05, 0.1) is 50.0 Å². The minimum absolute atomic E-state index is 0.00142. The van der Waals surface area contributed by atoms with Crippen molar-refractivity contribution in [3.05, 3.63) is 103 Å². The average molecular weight is 1390 g/mol. The lowest BCUT2D eigenvalue weighted by Crippen LogP contribution is -2.41. The number of H-pyrrole nitrogens is 2. The second-order valence-corrected chi connectivity index (χ2v) is 27.1.